The van der Waals surface area contributed by atoms with Crippen molar-refractivity contribution in [2.45, 2.75) is 24.7 Å². The summed E-state index contributed by atoms with van der Waals surface area (Å²) in [6.45, 7) is 2.53. The first-order valence-electron chi connectivity index (χ1n) is 8.92. The highest BCUT2D eigenvalue weighted by atomic mass is 32.2. The van der Waals surface area contributed by atoms with Crippen LogP contribution in [0.2, 0.25) is 0 Å². The van der Waals surface area contributed by atoms with Crippen LogP contribution in [-0.2, 0) is 14.8 Å². The van der Waals surface area contributed by atoms with E-state index in [0.29, 0.717) is 30.8 Å². The molecule has 0 radical (unpaired) electrons. The molecule has 0 unspecified atom stereocenters. The van der Waals surface area contributed by atoms with E-state index in [4.69, 9.17) is 4.74 Å². The van der Waals surface area contributed by atoms with E-state index in [1.54, 1.807) is 55.6 Å². The van der Waals surface area contributed by atoms with Crippen LogP contribution in [0.4, 0.5) is 5.69 Å². The van der Waals surface area contributed by atoms with Crippen molar-refractivity contribution in [1.29, 1.82) is 0 Å². The molecule has 1 atom stereocenters. The lowest BCUT2D eigenvalue weighted by atomic mass is 9.98. The predicted molar refractivity (Wildman–Crippen MR) is 104 cm³/mol. The van der Waals surface area contributed by atoms with Crippen LogP contribution in [0, 0.1) is 12.8 Å². The van der Waals surface area contributed by atoms with Crippen molar-refractivity contribution in [2.24, 2.45) is 5.92 Å². The van der Waals surface area contributed by atoms with Crippen LogP contribution in [0.25, 0.3) is 0 Å². The predicted octanol–water partition coefficient (Wildman–Crippen LogP) is 3.04. The number of nitrogens with zero attached hydrogens (tertiary/aromatic N) is 1. The number of carbonyl (C=O) groups is 1. The van der Waals surface area contributed by atoms with E-state index >= 15 is 0 Å². The molecule has 1 aliphatic rings. The Morgan fingerprint density at radius 3 is 2.63 bits per heavy atom. The maximum Gasteiger partial charge on any atom is 0.243 e. The lowest BCUT2D eigenvalue weighted by molar-refractivity contribution is -0.120. The molecule has 6 nitrogen and oxygen atoms in total. The van der Waals surface area contributed by atoms with Gasteiger partial charge in [0.25, 0.3) is 0 Å². The Kier molecular flexibility index (Phi) is 5.82. The molecule has 1 aliphatic heterocycles. The fraction of sp³-hybridized carbons (Fsp3) is 0.350. The van der Waals surface area contributed by atoms with Crippen molar-refractivity contribution < 1.29 is 17.9 Å². The number of benzene rings is 2. The summed E-state index contributed by atoms with van der Waals surface area (Å²) in [5.74, 6) is 0.0947. The van der Waals surface area contributed by atoms with Crippen LogP contribution < -0.4 is 10.1 Å². The Balaban J connectivity index is 1.71. The summed E-state index contributed by atoms with van der Waals surface area (Å²) >= 11 is 0. The van der Waals surface area contributed by atoms with E-state index in [1.165, 1.54) is 4.31 Å². The first-order valence-corrected chi connectivity index (χ1v) is 10.4. The first-order chi connectivity index (χ1) is 12.9. The number of carbonyl (C=O) groups excluding carboxylic acids is 1. The summed E-state index contributed by atoms with van der Waals surface area (Å²) in [6.07, 6.45) is 1.32. The number of sulfonamides is 1. The lowest BCUT2D eigenvalue weighted by Gasteiger charge is -2.31. The molecular formula is C20H24N2O4S. The van der Waals surface area contributed by atoms with Crippen LogP contribution >= 0.6 is 0 Å². The molecule has 2 aromatic carbocycles. The molecule has 0 aliphatic carbocycles. The highest BCUT2D eigenvalue weighted by molar-refractivity contribution is 7.89. The van der Waals surface area contributed by atoms with Gasteiger partial charge in [0.05, 0.1) is 17.9 Å². The summed E-state index contributed by atoms with van der Waals surface area (Å²) in [5.41, 5.74) is 1.64. The Labute approximate surface area is 160 Å². The minimum atomic E-state index is -3.60. The molecule has 1 fully saturated rings. The van der Waals surface area contributed by atoms with Gasteiger partial charge in [0.1, 0.15) is 5.75 Å². The van der Waals surface area contributed by atoms with Crippen molar-refractivity contribution in [3.8, 4) is 5.75 Å². The highest BCUT2D eigenvalue weighted by Gasteiger charge is 2.33. The third kappa shape index (κ3) is 4.48. The Bertz CT molecular complexity index is 910. The van der Waals surface area contributed by atoms with Gasteiger partial charge in [-0.1, -0.05) is 23.8 Å². The van der Waals surface area contributed by atoms with Gasteiger partial charge in [0.2, 0.25) is 15.9 Å². The van der Waals surface area contributed by atoms with Gasteiger partial charge in [-0.15, -0.1) is 0 Å². The fourth-order valence-corrected chi connectivity index (χ4v) is 4.70. The highest BCUT2D eigenvalue weighted by Crippen LogP contribution is 2.25. The number of ether oxygens (including phenoxy) is 1. The van der Waals surface area contributed by atoms with Gasteiger partial charge in [0.15, 0.2) is 0 Å². The van der Waals surface area contributed by atoms with Gasteiger partial charge in [-0.05, 0) is 44.0 Å². The van der Waals surface area contributed by atoms with E-state index in [0.717, 1.165) is 5.56 Å². The number of amides is 1. The average Bonchev–Trinajstić information content (AvgIpc) is 2.68. The van der Waals surface area contributed by atoms with Gasteiger partial charge in [0, 0.05) is 24.8 Å². The molecule has 144 valence electrons. The minimum Gasteiger partial charge on any atom is -0.497 e. The third-order valence-corrected chi connectivity index (χ3v) is 6.63. The fourth-order valence-electron chi connectivity index (χ4n) is 3.18. The normalized spacial score (nSPS) is 18.1. The quantitative estimate of drug-likeness (QED) is 0.854. The van der Waals surface area contributed by atoms with Crippen LogP contribution in [0.3, 0.4) is 0 Å². The average molecular weight is 388 g/mol. The van der Waals surface area contributed by atoms with Crippen molar-refractivity contribution in [2.75, 3.05) is 25.5 Å². The summed E-state index contributed by atoms with van der Waals surface area (Å²) in [6, 6.07) is 13.9. The number of anilines is 1. The van der Waals surface area contributed by atoms with E-state index in [-0.39, 0.29) is 23.3 Å². The smallest absolute Gasteiger partial charge is 0.243 e. The minimum absolute atomic E-state index is 0.174. The first kappa shape index (κ1) is 19.4. The van der Waals surface area contributed by atoms with Gasteiger partial charge in [-0.2, -0.15) is 4.31 Å². The molecule has 0 aromatic heterocycles. The van der Waals surface area contributed by atoms with E-state index in [9.17, 15) is 13.2 Å². The van der Waals surface area contributed by atoms with E-state index in [1.807, 2.05) is 6.92 Å². The van der Waals surface area contributed by atoms with Gasteiger partial charge >= 0.3 is 0 Å². The number of hydrogen-bond donors (Lipinski definition) is 1. The van der Waals surface area contributed by atoms with E-state index < -0.39 is 10.0 Å². The molecule has 3 rings (SSSR count). The molecule has 7 heteroatoms. The van der Waals surface area contributed by atoms with Gasteiger partial charge in [-0.25, -0.2) is 8.42 Å². The molecule has 1 amide bonds. The van der Waals surface area contributed by atoms with Crippen LogP contribution in [0.1, 0.15) is 18.4 Å². The third-order valence-electron chi connectivity index (χ3n) is 4.75. The molecule has 1 saturated heterocycles. The molecule has 1 N–H and O–H groups in total. The second-order valence-electron chi connectivity index (χ2n) is 6.74. The number of aryl methyl sites for hydroxylation is 1. The second-order valence-corrected chi connectivity index (χ2v) is 8.67. The topological polar surface area (TPSA) is 75.7 Å². The van der Waals surface area contributed by atoms with Crippen molar-refractivity contribution in [3.63, 3.8) is 0 Å². The molecule has 2 aromatic rings. The largest absolute Gasteiger partial charge is 0.497 e. The summed E-state index contributed by atoms with van der Waals surface area (Å²) in [7, 11) is -2.03. The summed E-state index contributed by atoms with van der Waals surface area (Å²) in [4.78, 5) is 12.9. The number of methoxy groups -OCH3 is 1. The molecule has 1 heterocycles. The zero-order valence-corrected chi connectivity index (χ0v) is 16.3. The van der Waals surface area contributed by atoms with Crippen LogP contribution in [0.5, 0.6) is 5.75 Å². The van der Waals surface area contributed by atoms with Gasteiger partial charge in [-0.3, -0.25) is 4.79 Å². The Hall–Kier alpha value is -2.38. The number of hydrogen-bond acceptors (Lipinski definition) is 4. The molecule has 0 bridgehead atoms. The zero-order valence-electron chi connectivity index (χ0n) is 15.5. The van der Waals surface area contributed by atoms with E-state index in [2.05, 4.69) is 5.32 Å². The maximum atomic E-state index is 12.9. The van der Waals surface area contributed by atoms with Crippen molar-refractivity contribution in [1.82, 2.24) is 4.31 Å². The molecular weight excluding hydrogens is 364 g/mol. The number of piperidine rings is 1. The van der Waals surface area contributed by atoms with Gasteiger partial charge < -0.3 is 10.1 Å². The number of nitrogens with one attached hydrogen (secondary N) is 1. The van der Waals surface area contributed by atoms with Crippen molar-refractivity contribution in [3.05, 3.63) is 54.1 Å². The van der Waals surface area contributed by atoms with Crippen LogP contribution in [0.15, 0.2) is 53.4 Å². The Morgan fingerprint density at radius 2 is 1.93 bits per heavy atom. The molecule has 0 saturated carbocycles. The summed E-state index contributed by atoms with van der Waals surface area (Å²) < 4.78 is 32.3. The molecule has 0 spiro atoms. The summed E-state index contributed by atoms with van der Waals surface area (Å²) in [5, 5.41) is 2.87. The molecule has 27 heavy (non-hydrogen) atoms. The monoisotopic (exact) mass is 388 g/mol. The lowest BCUT2D eigenvalue weighted by Crippen LogP contribution is -2.43. The standard InChI is InChI=1S/C20H24N2O4S/c1-15-8-10-19(11-9-15)27(24,25)22-12-4-5-16(14-22)20(23)21-17-6-3-7-18(13-17)26-2/h3,6-11,13,16H,4-5,12,14H2,1-2H3,(H,21,23)/t16-/m0/s1. The zero-order chi connectivity index (χ0) is 19.4. The Morgan fingerprint density at radius 1 is 1.19 bits per heavy atom. The van der Waals surface area contributed by atoms with Crippen molar-refractivity contribution >= 4 is 21.6 Å². The number of rotatable bonds is 5. The van der Waals surface area contributed by atoms with Crippen LogP contribution in [-0.4, -0.2) is 38.8 Å². The second kappa shape index (κ2) is 8.10. The SMILES string of the molecule is COc1cccc(NC(=O)[C@H]2CCCN(S(=O)(=O)c3ccc(C)cc3)C2)c1. The maximum absolute atomic E-state index is 12.9.